The third kappa shape index (κ3) is 15.4. The first-order chi connectivity index (χ1) is 23.8. The topological polar surface area (TPSA) is 206 Å². The number of halogens is 7. The molecule has 0 saturated heterocycles. The first-order valence-electron chi connectivity index (χ1n) is 15.1. The maximum absolute atomic E-state index is 12.8. The number of benzene rings is 2. The van der Waals surface area contributed by atoms with E-state index in [2.05, 4.69) is 25.6 Å². The molecular formula is C32H37ClF6N10O3. The number of carbonyl (C=O) groups excluding carboxylic acids is 1. The van der Waals surface area contributed by atoms with Crippen molar-refractivity contribution in [3.8, 4) is 22.8 Å². The summed E-state index contributed by atoms with van der Waals surface area (Å²) in [6.07, 6.45) is 2.98. The molecule has 0 unspecified atom stereocenters. The second kappa shape index (κ2) is 18.9. The molecule has 1 amide bonds. The number of aromatic nitrogens is 6. The fourth-order valence-corrected chi connectivity index (χ4v) is 3.75. The Bertz CT molecular complexity index is 1730. The Kier molecular flexibility index (Phi) is 15.7. The van der Waals surface area contributed by atoms with Crippen LogP contribution in [0.4, 0.5) is 26.3 Å². The average molecular weight is 759 g/mol. The minimum Gasteiger partial charge on any atom is -0.478 e. The van der Waals surface area contributed by atoms with E-state index in [1.165, 1.54) is 55.3 Å². The molecule has 2 aliphatic carbocycles. The second-order valence-electron chi connectivity index (χ2n) is 11.4. The quantitative estimate of drug-likeness (QED) is 0.0721. The molecule has 282 valence electrons. The molecular weight excluding hydrogens is 722 g/mol. The van der Waals surface area contributed by atoms with Crippen LogP contribution in [0, 0.1) is 13.8 Å². The van der Waals surface area contributed by atoms with Gasteiger partial charge in [0.1, 0.15) is 12.7 Å². The van der Waals surface area contributed by atoms with Gasteiger partial charge in [0.2, 0.25) is 5.91 Å². The van der Waals surface area contributed by atoms with E-state index in [0.29, 0.717) is 23.2 Å². The molecule has 13 nitrogen and oxygen atoms in total. The summed E-state index contributed by atoms with van der Waals surface area (Å²) in [6, 6.07) is 8.33. The number of nitrogens with zero attached hydrogens (tertiary/aromatic N) is 6. The molecule has 52 heavy (non-hydrogen) atoms. The number of rotatable bonds is 7. The SMILES string of the molecule is Cc1cc(-c2ncn(/C=C\C(=O)O)n2)cc(C(F)(F)F)c1.Cc1cc(-c2ncn(/C=C\C(N)=O)n2)cc(C(F)(F)F)c1.Cl.NC1CC1.NNC1CC1. The molecule has 2 fully saturated rings. The van der Waals surface area contributed by atoms with Gasteiger partial charge < -0.3 is 16.6 Å². The van der Waals surface area contributed by atoms with Gasteiger partial charge in [0.15, 0.2) is 11.6 Å². The number of primary amides is 1. The van der Waals surface area contributed by atoms with Gasteiger partial charge in [-0.15, -0.1) is 22.6 Å². The van der Waals surface area contributed by atoms with Crippen LogP contribution in [0.15, 0.2) is 61.2 Å². The van der Waals surface area contributed by atoms with E-state index in [1.807, 2.05) is 0 Å². The van der Waals surface area contributed by atoms with Gasteiger partial charge in [0.25, 0.3) is 0 Å². The lowest BCUT2D eigenvalue weighted by atomic mass is 10.1. The predicted octanol–water partition coefficient (Wildman–Crippen LogP) is 5.20. The summed E-state index contributed by atoms with van der Waals surface area (Å²) in [6.45, 7) is 3.10. The molecule has 0 radical (unpaired) electrons. The molecule has 0 atom stereocenters. The summed E-state index contributed by atoms with van der Waals surface area (Å²) in [5.41, 5.74) is 12.6. The van der Waals surface area contributed by atoms with Crippen molar-refractivity contribution in [3.05, 3.63) is 83.5 Å². The standard InChI is InChI=1S/C13H11F3N4O.C13H10F3N3O2.C3H8N2.C3H7N.ClH/c1-8-4-9(6-10(5-8)13(14,15)16)12-18-7-20(19-12)3-2-11(17)21;1-8-4-9(6-10(5-8)13(14,15)16)12-17-7-19(18-12)3-2-11(20)21;4-5-3-1-2-3;4-3-1-2-3;/h2-7H,1H3,(H2,17,21);2-7H,1H3,(H,20,21);3,5H,1-2,4H2;3H,1-2,4H2;1H/b2*3-2-;;;. The van der Waals surface area contributed by atoms with Crippen molar-refractivity contribution in [2.75, 3.05) is 0 Å². The Labute approximate surface area is 300 Å². The molecule has 8 N–H and O–H groups in total. The van der Waals surface area contributed by atoms with Crippen LogP contribution in [0.25, 0.3) is 35.2 Å². The minimum atomic E-state index is -4.45. The highest BCUT2D eigenvalue weighted by atomic mass is 35.5. The average Bonchev–Trinajstić information content (AvgIpc) is 3.94. The van der Waals surface area contributed by atoms with Crippen LogP contribution in [0.1, 0.15) is 47.9 Å². The number of hydrogen-bond acceptors (Lipinski definition) is 9. The lowest BCUT2D eigenvalue weighted by Gasteiger charge is -2.09. The second-order valence-corrected chi connectivity index (χ2v) is 11.4. The highest BCUT2D eigenvalue weighted by molar-refractivity contribution is 5.88. The Balaban J connectivity index is 0.000000284. The molecule has 4 aromatic rings. The third-order valence-corrected chi connectivity index (χ3v) is 6.54. The molecule has 0 aliphatic heterocycles. The smallest absolute Gasteiger partial charge is 0.416 e. The zero-order chi connectivity index (χ0) is 37.9. The van der Waals surface area contributed by atoms with Gasteiger partial charge in [-0.25, -0.2) is 24.1 Å². The molecule has 20 heteroatoms. The minimum absolute atomic E-state index is 0. The van der Waals surface area contributed by atoms with Gasteiger partial charge in [-0.3, -0.25) is 16.1 Å². The highest BCUT2D eigenvalue weighted by Gasteiger charge is 2.32. The third-order valence-electron chi connectivity index (χ3n) is 6.54. The van der Waals surface area contributed by atoms with Crippen LogP contribution >= 0.6 is 12.4 Å². The van der Waals surface area contributed by atoms with Crippen molar-refractivity contribution in [3.63, 3.8) is 0 Å². The first kappa shape index (κ1) is 43.1. The fraction of sp³-hybridized carbons (Fsp3) is 0.312. The maximum atomic E-state index is 12.8. The van der Waals surface area contributed by atoms with Crippen molar-refractivity contribution in [1.82, 2.24) is 35.0 Å². The number of nitrogens with two attached hydrogens (primary N) is 3. The maximum Gasteiger partial charge on any atom is 0.416 e. The molecule has 2 saturated carbocycles. The summed E-state index contributed by atoms with van der Waals surface area (Å²) < 4.78 is 78.9. The number of hydrazine groups is 1. The largest absolute Gasteiger partial charge is 0.478 e. The number of alkyl halides is 6. The number of carboxylic acids is 1. The lowest BCUT2D eigenvalue weighted by molar-refractivity contribution is -0.138. The van der Waals surface area contributed by atoms with Crippen LogP contribution < -0.4 is 22.7 Å². The van der Waals surface area contributed by atoms with Gasteiger partial charge in [-0.1, -0.05) is 0 Å². The van der Waals surface area contributed by atoms with Crippen LogP contribution in [0.3, 0.4) is 0 Å². The Morgan fingerprint density at radius 3 is 1.48 bits per heavy atom. The van der Waals surface area contributed by atoms with Crippen LogP contribution in [0.5, 0.6) is 0 Å². The summed E-state index contributed by atoms with van der Waals surface area (Å²) in [5.74, 6) is 3.36. The van der Waals surface area contributed by atoms with Gasteiger partial charge in [0.05, 0.1) is 11.1 Å². The number of nitrogens with one attached hydrogen (secondary N) is 1. The zero-order valence-corrected chi connectivity index (χ0v) is 28.6. The van der Waals surface area contributed by atoms with E-state index in [-0.39, 0.29) is 35.2 Å². The van der Waals surface area contributed by atoms with Gasteiger partial charge >= 0.3 is 18.3 Å². The molecule has 2 aromatic carbocycles. The highest BCUT2D eigenvalue weighted by Crippen LogP contribution is 2.33. The number of aliphatic carboxylic acids is 1. The van der Waals surface area contributed by atoms with E-state index in [1.54, 1.807) is 19.9 Å². The molecule has 0 bridgehead atoms. The number of carboxylic acid groups (broad SMARTS) is 1. The normalized spacial score (nSPS) is 14.0. The molecule has 2 aromatic heterocycles. The van der Waals surface area contributed by atoms with Crippen LogP contribution in [-0.2, 0) is 21.9 Å². The first-order valence-corrected chi connectivity index (χ1v) is 15.1. The van der Waals surface area contributed by atoms with Crippen molar-refractivity contribution in [1.29, 1.82) is 0 Å². The van der Waals surface area contributed by atoms with Gasteiger partial charge in [-0.2, -0.15) is 26.3 Å². The lowest BCUT2D eigenvalue weighted by Crippen LogP contribution is -2.23. The van der Waals surface area contributed by atoms with Crippen molar-refractivity contribution < 1.29 is 41.0 Å². The van der Waals surface area contributed by atoms with Crippen molar-refractivity contribution in [2.24, 2.45) is 17.3 Å². The van der Waals surface area contributed by atoms with E-state index in [0.717, 1.165) is 47.3 Å². The monoisotopic (exact) mass is 758 g/mol. The van der Waals surface area contributed by atoms with E-state index >= 15 is 0 Å². The summed E-state index contributed by atoms with van der Waals surface area (Å²) in [5, 5.41) is 16.4. The van der Waals surface area contributed by atoms with Crippen molar-refractivity contribution >= 4 is 36.7 Å². The number of carbonyl (C=O) groups is 2. The summed E-state index contributed by atoms with van der Waals surface area (Å²) in [4.78, 5) is 28.8. The predicted molar refractivity (Wildman–Crippen MR) is 183 cm³/mol. The number of amides is 1. The van der Waals surface area contributed by atoms with Gasteiger partial charge in [0, 0.05) is 47.8 Å². The van der Waals surface area contributed by atoms with Crippen molar-refractivity contribution in [2.45, 2.75) is 64.0 Å². The Morgan fingerprint density at radius 2 is 1.19 bits per heavy atom. The summed E-state index contributed by atoms with van der Waals surface area (Å²) >= 11 is 0. The van der Waals surface area contributed by atoms with Crippen LogP contribution in [0.2, 0.25) is 0 Å². The Hall–Kier alpha value is -5.11. The Morgan fingerprint density at radius 1 is 0.788 bits per heavy atom. The zero-order valence-electron chi connectivity index (χ0n) is 27.8. The molecule has 2 heterocycles. The van der Waals surface area contributed by atoms with E-state index in [4.69, 9.17) is 22.4 Å². The molecule has 6 rings (SSSR count). The van der Waals surface area contributed by atoms with E-state index < -0.39 is 35.4 Å². The molecule has 2 aliphatic rings. The summed E-state index contributed by atoms with van der Waals surface area (Å²) in [7, 11) is 0. The number of hydrogen-bond donors (Lipinski definition) is 5. The fourth-order valence-electron chi connectivity index (χ4n) is 3.75. The number of aryl methyl sites for hydroxylation is 2. The molecule has 0 spiro atoms. The van der Waals surface area contributed by atoms with Crippen LogP contribution in [-0.4, -0.2) is 58.6 Å². The van der Waals surface area contributed by atoms with E-state index in [9.17, 15) is 35.9 Å². The van der Waals surface area contributed by atoms with Gasteiger partial charge in [-0.05, 0) is 87.1 Å².